The second-order valence-electron chi connectivity index (χ2n) is 5.97. The molecule has 0 amide bonds. The lowest BCUT2D eigenvalue weighted by Gasteiger charge is -2.32. The quantitative estimate of drug-likeness (QED) is 0.911. The van der Waals surface area contributed by atoms with Gasteiger partial charge in [-0.25, -0.2) is 0 Å². The molecule has 1 aliphatic heterocycles. The van der Waals surface area contributed by atoms with Crippen molar-refractivity contribution in [1.82, 2.24) is 15.1 Å². The van der Waals surface area contributed by atoms with Gasteiger partial charge in [-0.15, -0.1) is 0 Å². The van der Waals surface area contributed by atoms with Crippen molar-refractivity contribution >= 4 is 10.8 Å². The van der Waals surface area contributed by atoms with E-state index in [9.17, 15) is 4.21 Å². The fourth-order valence-corrected chi connectivity index (χ4v) is 3.47. The molecule has 1 aromatic heterocycles. The first-order chi connectivity index (χ1) is 11.1. The zero-order chi connectivity index (χ0) is 16.2. The second kappa shape index (κ2) is 7.38. The van der Waals surface area contributed by atoms with Crippen LogP contribution in [0.1, 0.15) is 30.1 Å². The maximum Gasteiger partial charge on any atom is 0.101 e. The van der Waals surface area contributed by atoms with Crippen molar-refractivity contribution in [1.29, 1.82) is 0 Å². The van der Waals surface area contributed by atoms with E-state index >= 15 is 0 Å². The van der Waals surface area contributed by atoms with Crippen LogP contribution >= 0.6 is 0 Å². The standard InChI is InChI=1S/C17H23N3O2S/c1-20-12-14(11-19-20)17-16(4-3-9-22-17)18-10-13-5-7-15(8-6-13)23(2)21/h5-8,11-12,16-18H,3-4,9-10H2,1-2H3/t16-,17+,23-/m0/s1. The zero-order valence-corrected chi connectivity index (χ0v) is 14.4. The Kier molecular flexibility index (Phi) is 5.25. The van der Waals surface area contributed by atoms with Crippen LogP contribution in [0.15, 0.2) is 41.6 Å². The van der Waals surface area contributed by atoms with Crippen molar-refractivity contribution in [3.8, 4) is 0 Å². The first-order valence-corrected chi connectivity index (χ1v) is 9.45. The Morgan fingerprint density at radius 1 is 1.39 bits per heavy atom. The van der Waals surface area contributed by atoms with Gasteiger partial charge in [0.2, 0.25) is 0 Å². The molecular formula is C17H23N3O2S. The van der Waals surface area contributed by atoms with E-state index in [2.05, 4.69) is 10.4 Å². The van der Waals surface area contributed by atoms with E-state index < -0.39 is 10.8 Å². The molecule has 1 N–H and O–H groups in total. The van der Waals surface area contributed by atoms with E-state index in [1.807, 2.05) is 48.4 Å². The topological polar surface area (TPSA) is 56.1 Å². The second-order valence-corrected chi connectivity index (χ2v) is 7.35. The Morgan fingerprint density at radius 3 is 2.83 bits per heavy atom. The van der Waals surface area contributed by atoms with Crippen LogP contribution < -0.4 is 5.32 Å². The van der Waals surface area contributed by atoms with Gasteiger partial charge in [-0.1, -0.05) is 12.1 Å². The predicted molar refractivity (Wildman–Crippen MR) is 90.5 cm³/mol. The highest BCUT2D eigenvalue weighted by atomic mass is 32.2. The Labute approximate surface area is 139 Å². The molecule has 0 radical (unpaired) electrons. The Hall–Kier alpha value is -1.50. The number of nitrogens with zero attached hydrogens (tertiary/aromatic N) is 2. The average Bonchev–Trinajstić information content (AvgIpc) is 3.00. The molecule has 0 aliphatic carbocycles. The van der Waals surface area contributed by atoms with Gasteiger partial charge >= 0.3 is 0 Å². The molecule has 1 saturated heterocycles. The Morgan fingerprint density at radius 2 is 2.17 bits per heavy atom. The van der Waals surface area contributed by atoms with Gasteiger partial charge in [0.05, 0.1) is 6.20 Å². The van der Waals surface area contributed by atoms with Gasteiger partial charge < -0.3 is 10.1 Å². The SMILES string of the molecule is Cn1cc([C@H]2OCCC[C@@H]2NCc2ccc([S@](C)=O)cc2)cn1. The van der Waals surface area contributed by atoms with Crippen LogP contribution in [0, 0.1) is 0 Å². The highest BCUT2D eigenvalue weighted by Crippen LogP contribution is 2.28. The summed E-state index contributed by atoms with van der Waals surface area (Å²) < 4.78 is 19.2. The molecule has 6 heteroatoms. The minimum absolute atomic E-state index is 0.0554. The minimum atomic E-state index is -0.923. The lowest BCUT2D eigenvalue weighted by atomic mass is 9.98. The summed E-state index contributed by atoms with van der Waals surface area (Å²) >= 11 is 0. The van der Waals surface area contributed by atoms with Crippen LogP contribution in [0.5, 0.6) is 0 Å². The molecule has 23 heavy (non-hydrogen) atoms. The Balaban J connectivity index is 1.64. The molecule has 1 aliphatic rings. The first-order valence-electron chi connectivity index (χ1n) is 7.89. The molecular weight excluding hydrogens is 310 g/mol. The molecule has 0 unspecified atom stereocenters. The highest BCUT2D eigenvalue weighted by Gasteiger charge is 2.27. The largest absolute Gasteiger partial charge is 0.372 e. The van der Waals surface area contributed by atoms with Gasteiger partial charge in [0.1, 0.15) is 6.10 Å². The van der Waals surface area contributed by atoms with E-state index in [0.29, 0.717) is 0 Å². The summed E-state index contributed by atoms with van der Waals surface area (Å²) in [5.74, 6) is 0. The lowest BCUT2D eigenvalue weighted by Crippen LogP contribution is -2.39. The molecule has 0 spiro atoms. The number of hydrogen-bond donors (Lipinski definition) is 1. The van der Waals surface area contributed by atoms with Crippen LogP contribution in [-0.2, 0) is 29.1 Å². The van der Waals surface area contributed by atoms with Crippen LogP contribution in [0.2, 0.25) is 0 Å². The highest BCUT2D eigenvalue weighted by molar-refractivity contribution is 7.84. The van der Waals surface area contributed by atoms with Crippen molar-refractivity contribution in [2.75, 3.05) is 12.9 Å². The van der Waals surface area contributed by atoms with Crippen molar-refractivity contribution < 1.29 is 8.95 Å². The van der Waals surface area contributed by atoms with Crippen molar-refractivity contribution in [2.24, 2.45) is 7.05 Å². The number of aryl methyl sites for hydroxylation is 1. The zero-order valence-electron chi connectivity index (χ0n) is 13.6. The molecule has 124 valence electrons. The fourth-order valence-electron chi connectivity index (χ4n) is 2.95. The number of hydrogen-bond acceptors (Lipinski definition) is 4. The van der Waals surface area contributed by atoms with Gasteiger partial charge in [0.25, 0.3) is 0 Å². The summed E-state index contributed by atoms with van der Waals surface area (Å²) in [5.41, 5.74) is 2.32. The van der Waals surface area contributed by atoms with Crippen LogP contribution in [-0.4, -0.2) is 32.9 Å². The molecule has 1 aromatic carbocycles. The number of aromatic nitrogens is 2. The summed E-state index contributed by atoms with van der Waals surface area (Å²) in [6.07, 6.45) is 7.83. The molecule has 5 nitrogen and oxygen atoms in total. The maximum absolute atomic E-state index is 11.4. The summed E-state index contributed by atoms with van der Waals surface area (Å²) in [5, 5.41) is 7.86. The number of benzene rings is 1. The van der Waals surface area contributed by atoms with Gasteiger partial charge in [-0.05, 0) is 30.5 Å². The van der Waals surface area contributed by atoms with Gasteiger partial charge in [-0.3, -0.25) is 8.89 Å². The summed E-state index contributed by atoms with van der Waals surface area (Å²) in [4.78, 5) is 0.864. The van der Waals surface area contributed by atoms with Crippen LogP contribution in [0.4, 0.5) is 0 Å². The van der Waals surface area contributed by atoms with Crippen molar-refractivity contribution in [3.63, 3.8) is 0 Å². The summed E-state index contributed by atoms with van der Waals surface area (Å²) in [6, 6.07) is 8.22. The van der Waals surface area contributed by atoms with Crippen LogP contribution in [0.25, 0.3) is 0 Å². The van der Waals surface area contributed by atoms with Gasteiger partial charge in [-0.2, -0.15) is 5.10 Å². The van der Waals surface area contributed by atoms with E-state index in [1.165, 1.54) is 5.56 Å². The number of rotatable bonds is 5. The van der Waals surface area contributed by atoms with Crippen molar-refractivity contribution in [2.45, 2.75) is 36.4 Å². The predicted octanol–water partition coefficient (Wildman–Crippen LogP) is 2.17. The smallest absolute Gasteiger partial charge is 0.101 e. The number of nitrogens with one attached hydrogen (secondary N) is 1. The van der Waals surface area contributed by atoms with E-state index in [0.717, 1.165) is 36.5 Å². The Bertz CT molecular complexity index is 669. The maximum atomic E-state index is 11.4. The summed E-state index contributed by atoms with van der Waals surface area (Å²) in [7, 11) is 1.00. The molecule has 3 rings (SSSR count). The van der Waals surface area contributed by atoms with E-state index in [1.54, 1.807) is 6.26 Å². The van der Waals surface area contributed by atoms with Gasteiger partial charge in [0, 0.05) is 60.0 Å². The number of ether oxygens (including phenoxy) is 1. The molecule has 1 fully saturated rings. The third kappa shape index (κ3) is 4.07. The molecule has 0 saturated carbocycles. The lowest BCUT2D eigenvalue weighted by molar-refractivity contribution is -0.0112. The molecule has 2 aromatic rings. The molecule has 3 atom stereocenters. The third-order valence-electron chi connectivity index (χ3n) is 4.20. The minimum Gasteiger partial charge on any atom is -0.372 e. The third-order valence-corrected chi connectivity index (χ3v) is 5.14. The van der Waals surface area contributed by atoms with E-state index in [-0.39, 0.29) is 12.1 Å². The van der Waals surface area contributed by atoms with E-state index in [4.69, 9.17) is 4.74 Å². The monoisotopic (exact) mass is 333 g/mol. The normalized spacial score (nSPS) is 22.9. The van der Waals surface area contributed by atoms with Crippen molar-refractivity contribution in [3.05, 3.63) is 47.8 Å². The molecule has 2 heterocycles. The molecule has 0 bridgehead atoms. The van der Waals surface area contributed by atoms with Crippen LogP contribution in [0.3, 0.4) is 0 Å². The first kappa shape index (κ1) is 16.4. The summed E-state index contributed by atoms with van der Waals surface area (Å²) in [6.45, 7) is 1.58. The van der Waals surface area contributed by atoms with Gasteiger partial charge in [0.15, 0.2) is 0 Å². The average molecular weight is 333 g/mol. The fraction of sp³-hybridized carbons (Fsp3) is 0.471.